The Balaban J connectivity index is 4.54. The highest BCUT2D eigenvalue weighted by molar-refractivity contribution is 6.79. The van der Waals surface area contributed by atoms with Gasteiger partial charge >= 0.3 is 8.80 Å². The highest BCUT2D eigenvalue weighted by Crippen LogP contribution is 2.20. The van der Waals surface area contributed by atoms with Crippen molar-refractivity contribution in [3.05, 3.63) is 0 Å². The van der Waals surface area contributed by atoms with Crippen LogP contribution in [0.2, 0.25) is 26.2 Å². The molecule has 0 spiro atoms. The van der Waals surface area contributed by atoms with Crippen LogP contribution in [0.1, 0.15) is 27.7 Å². The largest absolute Gasteiger partial charge is 0.487 e. The second-order valence-corrected chi connectivity index (χ2v) is 12.6. The molecule has 5 heteroatoms. The van der Waals surface area contributed by atoms with Crippen molar-refractivity contribution in [1.82, 2.24) is 0 Å². The zero-order chi connectivity index (χ0) is 12.3. The third kappa shape index (κ3) is 8.16. The summed E-state index contributed by atoms with van der Waals surface area (Å²) in [4.78, 5) is 0. The molecule has 0 bridgehead atoms. The molecule has 0 fully saturated rings. The van der Waals surface area contributed by atoms with E-state index < -0.39 is 17.1 Å². The third-order valence-corrected chi connectivity index (χ3v) is 7.12. The molecule has 0 aromatic heterocycles. The van der Waals surface area contributed by atoms with Crippen LogP contribution >= 0.6 is 0 Å². The average Bonchev–Trinajstić information content (AvgIpc) is 1.73. The fourth-order valence-electron chi connectivity index (χ4n) is 1.49. The van der Waals surface area contributed by atoms with Crippen LogP contribution in [0.25, 0.3) is 0 Å². The molecule has 0 aliphatic carbocycles. The van der Waals surface area contributed by atoms with Gasteiger partial charge in [0.15, 0.2) is 8.32 Å². The number of hydrogen-bond donors (Lipinski definition) is 0. The lowest BCUT2D eigenvalue weighted by molar-refractivity contribution is 0.0586. The van der Waals surface area contributed by atoms with Crippen LogP contribution < -0.4 is 0 Å². The van der Waals surface area contributed by atoms with Crippen molar-refractivity contribution >= 4 is 17.1 Å². The van der Waals surface area contributed by atoms with Crippen LogP contribution in [0.4, 0.5) is 0 Å². The normalized spacial score (nSPS) is 14.0. The van der Waals surface area contributed by atoms with Crippen molar-refractivity contribution in [3.63, 3.8) is 0 Å². The van der Waals surface area contributed by atoms with Crippen molar-refractivity contribution in [3.8, 4) is 0 Å². The molecule has 0 N–H and O–H groups in total. The summed E-state index contributed by atoms with van der Waals surface area (Å²) in [5.41, 5.74) is 0. The molecule has 0 radical (unpaired) electrons. The van der Waals surface area contributed by atoms with Crippen molar-refractivity contribution in [1.29, 1.82) is 0 Å². The predicted molar refractivity (Wildman–Crippen MR) is 68.5 cm³/mol. The smallest absolute Gasteiger partial charge is 0.416 e. The zero-order valence-electron chi connectivity index (χ0n) is 11.4. The highest BCUT2D eigenvalue weighted by Gasteiger charge is 2.41. The molecule has 0 aliphatic heterocycles. The molecule has 0 aromatic rings. The molecule has 92 valence electrons. The van der Waals surface area contributed by atoms with E-state index >= 15 is 0 Å². The Morgan fingerprint density at radius 1 is 0.733 bits per heavy atom. The van der Waals surface area contributed by atoms with Gasteiger partial charge in [0, 0.05) is 18.8 Å². The van der Waals surface area contributed by atoms with Gasteiger partial charge in [-0.25, -0.2) is 0 Å². The first kappa shape index (κ1) is 15.3. The van der Waals surface area contributed by atoms with Crippen LogP contribution in [0.5, 0.6) is 0 Å². The van der Waals surface area contributed by atoms with E-state index in [2.05, 4.69) is 19.6 Å². The Bertz CT molecular complexity index is 178. The second kappa shape index (κ2) is 5.59. The lowest BCUT2D eigenvalue weighted by atomic mass is 10.5. The Labute approximate surface area is 96.6 Å². The molecule has 0 rings (SSSR count). The average molecular weight is 250 g/mol. The summed E-state index contributed by atoms with van der Waals surface area (Å²) in [7, 11) is -4.06. The first-order chi connectivity index (χ1) is 6.54. The Kier molecular flexibility index (Phi) is 5.70. The quantitative estimate of drug-likeness (QED) is 0.677. The summed E-state index contributed by atoms with van der Waals surface area (Å²) in [6, 6.07) is 0. The maximum absolute atomic E-state index is 6.08. The molecule has 0 saturated carbocycles. The second-order valence-electron chi connectivity index (χ2n) is 5.41. The maximum atomic E-state index is 6.08. The fraction of sp³-hybridized carbons (Fsp3) is 1.00. The molecule has 0 atom stereocenters. The molecule has 0 amide bonds. The van der Waals surface area contributed by atoms with Gasteiger partial charge in [-0.05, 0) is 47.3 Å². The summed E-state index contributed by atoms with van der Waals surface area (Å²) in [5, 5.41) is 0. The number of rotatable bonds is 6. The van der Waals surface area contributed by atoms with Gasteiger partial charge in [-0.3, -0.25) is 0 Å². The summed E-state index contributed by atoms with van der Waals surface area (Å²) < 4.78 is 17.8. The fourth-order valence-corrected chi connectivity index (χ4v) is 8.09. The maximum Gasteiger partial charge on any atom is 0.487 e. The van der Waals surface area contributed by atoms with Gasteiger partial charge in [0.1, 0.15) is 0 Å². The van der Waals surface area contributed by atoms with Gasteiger partial charge in [0.2, 0.25) is 0 Å². The predicted octanol–water partition coefficient (Wildman–Crippen LogP) is 3.26. The first-order valence-electron chi connectivity index (χ1n) is 5.60. The van der Waals surface area contributed by atoms with E-state index in [1.54, 1.807) is 0 Å². The molecule has 0 saturated heterocycles. The molecule has 0 heterocycles. The van der Waals surface area contributed by atoms with E-state index in [-0.39, 0.29) is 12.2 Å². The molecule has 15 heavy (non-hydrogen) atoms. The summed E-state index contributed by atoms with van der Waals surface area (Å²) >= 11 is 0. The lowest BCUT2D eigenvalue weighted by Gasteiger charge is -2.35. The van der Waals surface area contributed by atoms with Gasteiger partial charge in [0.25, 0.3) is 0 Å². The Morgan fingerprint density at radius 2 is 1.07 bits per heavy atom. The highest BCUT2D eigenvalue weighted by atomic mass is 28.5. The van der Waals surface area contributed by atoms with Crippen LogP contribution in [0.15, 0.2) is 0 Å². The van der Waals surface area contributed by atoms with Gasteiger partial charge < -0.3 is 13.0 Å². The lowest BCUT2D eigenvalue weighted by Crippen LogP contribution is -2.52. The van der Waals surface area contributed by atoms with Crippen molar-refractivity contribution in [2.75, 3.05) is 0 Å². The first-order valence-corrected chi connectivity index (χ1v) is 11.2. The van der Waals surface area contributed by atoms with Gasteiger partial charge in [-0.1, -0.05) is 0 Å². The summed E-state index contributed by atoms with van der Waals surface area (Å²) in [6.07, 6.45) is 0.300. The van der Waals surface area contributed by atoms with Crippen molar-refractivity contribution in [2.24, 2.45) is 0 Å². The Morgan fingerprint density at radius 3 is 1.27 bits per heavy atom. The van der Waals surface area contributed by atoms with E-state index in [9.17, 15) is 0 Å². The van der Waals surface area contributed by atoms with Crippen molar-refractivity contribution in [2.45, 2.75) is 66.1 Å². The van der Waals surface area contributed by atoms with Crippen LogP contribution in [-0.2, 0) is 13.0 Å². The van der Waals surface area contributed by atoms with E-state index in [0.29, 0.717) is 0 Å². The topological polar surface area (TPSA) is 27.7 Å². The minimum atomic E-state index is -2.45. The molecular formula is C10H26O3Si2. The molecule has 0 aliphatic rings. The van der Waals surface area contributed by atoms with E-state index in [4.69, 9.17) is 13.0 Å². The summed E-state index contributed by atoms with van der Waals surface area (Å²) in [5.74, 6) is 0. The van der Waals surface area contributed by atoms with Crippen LogP contribution in [0.3, 0.4) is 0 Å². The van der Waals surface area contributed by atoms with Gasteiger partial charge in [-0.2, -0.15) is 0 Å². The van der Waals surface area contributed by atoms with E-state index in [1.807, 2.05) is 34.2 Å². The minimum absolute atomic E-state index is 0.150. The SMILES string of the molecule is CC(C)O[Si](C)(OC(C)C)O[Si](C)(C)C. The van der Waals surface area contributed by atoms with Gasteiger partial charge in [0.05, 0.1) is 0 Å². The van der Waals surface area contributed by atoms with Crippen LogP contribution in [-0.4, -0.2) is 29.3 Å². The molecular weight excluding hydrogens is 224 g/mol. The molecule has 0 aromatic carbocycles. The minimum Gasteiger partial charge on any atom is -0.416 e. The van der Waals surface area contributed by atoms with Crippen molar-refractivity contribution < 1.29 is 13.0 Å². The third-order valence-electron chi connectivity index (χ3n) is 1.39. The van der Waals surface area contributed by atoms with E-state index in [0.717, 1.165) is 0 Å². The summed E-state index contributed by atoms with van der Waals surface area (Å²) in [6.45, 7) is 16.5. The molecule has 0 unspecified atom stereocenters. The van der Waals surface area contributed by atoms with E-state index in [1.165, 1.54) is 0 Å². The Hall–Kier alpha value is 0.314. The van der Waals surface area contributed by atoms with Gasteiger partial charge in [-0.15, -0.1) is 0 Å². The van der Waals surface area contributed by atoms with Crippen LogP contribution in [0, 0.1) is 0 Å². The number of hydrogen-bond acceptors (Lipinski definition) is 3. The monoisotopic (exact) mass is 250 g/mol. The standard InChI is InChI=1S/C10H26O3Si2/c1-9(2)11-15(8,12-10(3)4)13-14(5,6)7/h9-10H,1-8H3. The zero-order valence-corrected chi connectivity index (χ0v) is 13.4. The molecule has 3 nitrogen and oxygen atoms in total.